The average Bonchev–Trinajstić information content (AvgIpc) is 3.52. The van der Waals surface area contributed by atoms with Crippen molar-refractivity contribution >= 4 is 63.7 Å². The molecule has 6 atom stereocenters. The highest BCUT2D eigenvalue weighted by molar-refractivity contribution is 6.32. The zero-order chi connectivity index (χ0) is 38.2. The molecular weight excluding hydrogens is 709 g/mol. The summed E-state index contributed by atoms with van der Waals surface area (Å²) in [5.41, 5.74) is 3.66. The lowest BCUT2D eigenvalue weighted by Gasteiger charge is -2.49. The SMILES string of the molecule is Cc1cc(C2C3=CCC4C(=O)N(c5ccc(N=Nc6ccc(N(C)C)cc6)cc5)C(=O)C4C3CC3C(=O)N(c4ccc(F)c(Cl)c4)C(=O)C32C)ccc1O. The summed E-state index contributed by atoms with van der Waals surface area (Å²) in [4.78, 5) is 61.8. The zero-order valence-electron chi connectivity index (χ0n) is 30.0. The van der Waals surface area contributed by atoms with Gasteiger partial charge in [0.15, 0.2) is 0 Å². The largest absolute Gasteiger partial charge is 0.508 e. The number of azo groups is 1. The van der Waals surface area contributed by atoms with Crippen molar-refractivity contribution < 1.29 is 28.7 Å². The Morgan fingerprint density at radius 1 is 0.815 bits per heavy atom. The van der Waals surface area contributed by atoms with E-state index in [2.05, 4.69) is 10.2 Å². The van der Waals surface area contributed by atoms with Crippen LogP contribution in [0.4, 0.5) is 32.8 Å². The smallest absolute Gasteiger partial charge is 0.241 e. The summed E-state index contributed by atoms with van der Waals surface area (Å²) in [5.74, 6) is -5.67. The van der Waals surface area contributed by atoms with Gasteiger partial charge in [0, 0.05) is 25.7 Å². The number of fused-ring (bicyclic) bond motifs is 4. The molecule has 274 valence electrons. The molecule has 2 saturated heterocycles. The van der Waals surface area contributed by atoms with Crippen molar-refractivity contribution in [3.63, 3.8) is 0 Å². The number of hydrogen-bond acceptors (Lipinski definition) is 8. The van der Waals surface area contributed by atoms with Crippen molar-refractivity contribution in [2.45, 2.75) is 32.6 Å². The van der Waals surface area contributed by atoms with Crippen LogP contribution in [0.5, 0.6) is 5.75 Å². The zero-order valence-corrected chi connectivity index (χ0v) is 30.8. The molecule has 1 saturated carbocycles. The first kappa shape index (κ1) is 35.4. The van der Waals surface area contributed by atoms with E-state index in [-0.39, 0.29) is 41.1 Å². The second-order valence-electron chi connectivity index (χ2n) is 14.9. The Morgan fingerprint density at radius 3 is 2.09 bits per heavy atom. The van der Waals surface area contributed by atoms with Crippen LogP contribution in [0.15, 0.2) is 107 Å². The minimum atomic E-state index is -1.29. The number of carbonyl (C=O) groups is 4. The summed E-state index contributed by atoms with van der Waals surface area (Å²) < 4.78 is 14.2. The number of aryl methyl sites for hydroxylation is 1. The number of carbonyl (C=O) groups excluding carboxylic acids is 4. The molecule has 0 radical (unpaired) electrons. The van der Waals surface area contributed by atoms with Crippen LogP contribution in [0, 0.1) is 41.8 Å². The molecule has 4 aromatic rings. The first-order valence-corrected chi connectivity index (χ1v) is 18.2. The Bertz CT molecular complexity index is 2310. The minimum Gasteiger partial charge on any atom is -0.508 e. The summed E-state index contributed by atoms with van der Waals surface area (Å²) in [7, 11) is 3.91. The monoisotopic (exact) mass is 745 g/mol. The van der Waals surface area contributed by atoms with E-state index in [4.69, 9.17) is 11.6 Å². The molecule has 4 aliphatic rings. The van der Waals surface area contributed by atoms with Crippen molar-refractivity contribution in [3.8, 4) is 5.75 Å². The van der Waals surface area contributed by atoms with Gasteiger partial charge in [-0.3, -0.25) is 24.1 Å². The molecule has 4 amide bonds. The number of anilines is 3. The number of phenols is 1. The number of hydrogen-bond donors (Lipinski definition) is 1. The fourth-order valence-corrected chi connectivity index (χ4v) is 9.15. The molecule has 10 nitrogen and oxygen atoms in total. The second kappa shape index (κ2) is 13.0. The molecule has 0 bridgehead atoms. The summed E-state index contributed by atoms with van der Waals surface area (Å²) >= 11 is 6.11. The van der Waals surface area contributed by atoms with Crippen molar-refractivity contribution in [1.29, 1.82) is 0 Å². The van der Waals surface area contributed by atoms with Gasteiger partial charge in [0.05, 0.1) is 50.9 Å². The van der Waals surface area contributed by atoms with Gasteiger partial charge in [-0.2, -0.15) is 10.2 Å². The number of amides is 4. The maximum Gasteiger partial charge on any atom is 0.241 e. The summed E-state index contributed by atoms with van der Waals surface area (Å²) in [6.45, 7) is 3.52. The summed E-state index contributed by atoms with van der Waals surface area (Å²) in [5, 5.41) is 18.8. The van der Waals surface area contributed by atoms with Crippen LogP contribution in [0.2, 0.25) is 5.02 Å². The third-order valence-electron chi connectivity index (χ3n) is 11.7. The first-order valence-electron chi connectivity index (χ1n) is 17.8. The van der Waals surface area contributed by atoms with Gasteiger partial charge in [-0.15, -0.1) is 0 Å². The highest BCUT2D eigenvalue weighted by atomic mass is 35.5. The standard InChI is InChI=1S/C42H37ClFN5O5/c1-22-19-23(5-18-35(22)50)37-29-15-16-30-36(31(29)21-32-39(52)49(41(54)42(32,37)2)28-14-17-34(44)33(43)20-28)40(53)48(38(30)51)27-12-8-25(9-13-27)46-45-24-6-10-26(11-7-24)47(3)4/h5-15,17-20,30-32,36-37,50H,16,21H2,1-4H3. The maximum absolute atomic E-state index is 14.6. The molecule has 0 aromatic heterocycles. The minimum absolute atomic E-state index is 0.0836. The summed E-state index contributed by atoms with van der Waals surface area (Å²) in [6, 6.07) is 23.2. The molecule has 2 aliphatic heterocycles. The predicted octanol–water partition coefficient (Wildman–Crippen LogP) is 8.41. The van der Waals surface area contributed by atoms with Crippen LogP contribution < -0.4 is 14.7 Å². The summed E-state index contributed by atoms with van der Waals surface area (Å²) in [6.07, 6.45) is 2.41. The number of imide groups is 2. The van der Waals surface area contributed by atoms with Gasteiger partial charge in [0.25, 0.3) is 0 Å². The molecular formula is C42H37ClFN5O5. The first-order chi connectivity index (χ1) is 25.8. The fraction of sp³-hybridized carbons (Fsp3) is 0.286. The third-order valence-corrected chi connectivity index (χ3v) is 12.0. The van der Waals surface area contributed by atoms with Gasteiger partial charge < -0.3 is 10.0 Å². The van der Waals surface area contributed by atoms with E-state index < -0.39 is 52.6 Å². The Balaban J connectivity index is 1.13. The van der Waals surface area contributed by atoms with Crippen LogP contribution in [-0.4, -0.2) is 42.8 Å². The van der Waals surface area contributed by atoms with Crippen LogP contribution in [0.25, 0.3) is 0 Å². The Morgan fingerprint density at radius 2 is 1.46 bits per heavy atom. The normalized spacial score (nSPS) is 26.3. The Hall–Kier alpha value is -5.68. The fourth-order valence-electron chi connectivity index (χ4n) is 8.98. The van der Waals surface area contributed by atoms with Crippen LogP contribution >= 0.6 is 11.6 Å². The maximum atomic E-state index is 14.6. The van der Waals surface area contributed by atoms with Gasteiger partial charge in [-0.1, -0.05) is 35.4 Å². The Labute approximate surface area is 316 Å². The molecule has 2 heterocycles. The average molecular weight is 746 g/mol. The van der Waals surface area contributed by atoms with Crippen molar-refractivity contribution in [3.05, 3.63) is 119 Å². The number of phenolic OH excluding ortho intramolecular Hbond substituents is 1. The molecule has 54 heavy (non-hydrogen) atoms. The second-order valence-corrected chi connectivity index (χ2v) is 15.4. The highest BCUT2D eigenvalue weighted by Crippen LogP contribution is 2.64. The van der Waals surface area contributed by atoms with Gasteiger partial charge >= 0.3 is 0 Å². The van der Waals surface area contributed by atoms with Crippen molar-refractivity contribution in [1.82, 2.24) is 0 Å². The topological polar surface area (TPSA) is 123 Å². The molecule has 1 N–H and O–H groups in total. The number of allylic oxidation sites excluding steroid dienone is 2. The molecule has 8 rings (SSSR count). The number of benzene rings is 4. The quantitative estimate of drug-likeness (QED) is 0.120. The lowest BCUT2D eigenvalue weighted by atomic mass is 9.51. The van der Waals surface area contributed by atoms with Crippen molar-refractivity contribution in [2.75, 3.05) is 28.8 Å². The van der Waals surface area contributed by atoms with Crippen molar-refractivity contribution in [2.24, 2.45) is 39.3 Å². The van der Waals surface area contributed by atoms with E-state index >= 15 is 0 Å². The Kier molecular flexibility index (Phi) is 8.52. The lowest BCUT2D eigenvalue weighted by Crippen LogP contribution is -2.48. The van der Waals surface area contributed by atoms with Gasteiger partial charge in [0.2, 0.25) is 23.6 Å². The van der Waals surface area contributed by atoms with Crippen LogP contribution in [0.3, 0.4) is 0 Å². The molecule has 6 unspecified atom stereocenters. The van der Waals surface area contributed by atoms with Gasteiger partial charge in [0.1, 0.15) is 11.6 Å². The van der Waals surface area contributed by atoms with E-state index in [0.29, 0.717) is 28.2 Å². The van der Waals surface area contributed by atoms with E-state index in [1.807, 2.05) is 49.3 Å². The van der Waals surface area contributed by atoms with Crippen LogP contribution in [0.1, 0.15) is 36.8 Å². The number of halogens is 2. The molecule has 12 heteroatoms. The molecule has 2 aliphatic carbocycles. The van der Waals surface area contributed by atoms with E-state index in [0.717, 1.165) is 22.2 Å². The third kappa shape index (κ3) is 5.43. The number of rotatable bonds is 6. The number of nitrogens with zero attached hydrogens (tertiary/aromatic N) is 5. The lowest BCUT2D eigenvalue weighted by molar-refractivity contribution is -0.131. The predicted molar refractivity (Wildman–Crippen MR) is 203 cm³/mol. The van der Waals surface area contributed by atoms with E-state index in [1.165, 1.54) is 17.0 Å². The number of aromatic hydroxyl groups is 1. The molecule has 4 aromatic carbocycles. The molecule has 0 spiro atoms. The highest BCUT2D eigenvalue weighted by Gasteiger charge is 2.67. The van der Waals surface area contributed by atoms with E-state index in [9.17, 15) is 28.7 Å². The molecule has 3 fully saturated rings. The van der Waals surface area contributed by atoms with Gasteiger partial charge in [-0.25, -0.2) is 9.29 Å². The van der Waals surface area contributed by atoms with Crippen LogP contribution in [-0.2, 0) is 19.2 Å². The van der Waals surface area contributed by atoms with E-state index in [1.54, 1.807) is 56.3 Å². The van der Waals surface area contributed by atoms with Gasteiger partial charge in [-0.05, 0) is 117 Å².